The second kappa shape index (κ2) is 4.64. The molecule has 0 aliphatic carbocycles. The highest BCUT2D eigenvalue weighted by Gasteiger charge is 2.02. The van der Waals surface area contributed by atoms with E-state index in [9.17, 15) is 8.78 Å². The van der Waals surface area contributed by atoms with Crippen LogP contribution < -0.4 is 10.1 Å². The molecular weight excluding hydrogens is 176 g/mol. The van der Waals surface area contributed by atoms with Crippen molar-refractivity contribution in [1.82, 2.24) is 0 Å². The van der Waals surface area contributed by atoms with Crippen LogP contribution in [0.3, 0.4) is 0 Å². The zero-order chi connectivity index (χ0) is 9.68. The molecule has 0 atom stereocenters. The first-order valence-corrected chi connectivity index (χ1v) is 3.91. The number of rotatable bonds is 4. The van der Waals surface area contributed by atoms with E-state index in [4.69, 9.17) is 4.74 Å². The Bertz CT molecular complexity index is 248. The summed E-state index contributed by atoms with van der Waals surface area (Å²) in [6.07, 6.45) is -2.43. The van der Waals surface area contributed by atoms with E-state index < -0.39 is 13.0 Å². The molecule has 0 fully saturated rings. The van der Waals surface area contributed by atoms with Gasteiger partial charge in [-0.05, 0) is 24.3 Å². The van der Waals surface area contributed by atoms with Gasteiger partial charge in [0.2, 0.25) is 0 Å². The normalized spacial score (nSPS) is 10.2. The fourth-order valence-corrected chi connectivity index (χ4v) is 0.877. The van der Waals surface area contributed by atoms with Gasteiger partial charge in [-0.1, -0.05) is 0 Å². The highest BCUT2D eigenvalue weighted by atomic mass is 19.3. The quantitative estimate of drug-likeness (QED) is 0.781. The van der Waals surface area contributed by atoms with Crippen LogP contribution in [0.15, 0.2) is 24.3 Å². The fraction of sp³-hybridized carbons (Fsp3) is 0.333. The van der Waals surface area contributed by atoms with Crippen LogP contribution in [-0.4, -0.2) is 20.1 Å². The number of ether oxygens (including phenoxy) is 1. The molecule has 0 unspecified atom stereocenters. The highest BCUT2D eigenvalue weighted by molar-refractivity contribution is 5.45. The summed E-state index contributed by atoms with van der Waals surface area (Å²) in [6.45, 7) is -0.557. The molecule has 0 aromatic heterocycles. The predicted octanol–water partition coefficient (Wildman–Crippen LogP) is 2.37. The van der Waals surface area contributed by atoms with Crippen molar-refractivity contribution in [1.29, 1.82) is 0 Å². The third kappa shape index (κ3) is 3.27. The molecule has 1 N–H and O–H groups in total. The number of benzene rings is 1. The van der Waals surface area contributed by atoms with Gasteiger partial charge in [0.15, 0.2) is 0 Å². The maximum atomic E-state index is 11.7. The zero-order valence-corrected chi connectivity index (χ0v) is 7.26. The van der Waals surface area contributed by atoms with Crippen molar-refractivity contribution >= 4 is 5.69 Å². The molecule has 4 heteroatoms. The van der Waals surface area contributed by atoms with Crippen LogP contribution in [-0.2, 0) is 0 Å². The smallest absolute Gasteiger partial charge is 0.272 e. The van der Waals surface area contributed by atoms with Crippen LogP contribution in [0, 0.1) is 0 Å². The minimum absolute atomic E-state index is 0.458. The largest absolute Gasteiger partial charge is 0.488 e. The van der Waals surface area contributed by atoms with Gasteiger partial charge in [0.1, 0.15) is 12.4 Å². The third-order valence-corrected chi connectivity index (χ3v) is 1.52. The van der Waals surface area contributed by atoms with Crippen molar-refractivity contribution in [3.8, 4) is 5.75 Å². The lowest BCUT2D eigenvalue weighted by molar-refractivity contribution is 0.0819. The van der Waals surface area contributed by atoms with Crippen LogP contribution in [0.2, 0.25) is 0 Å². The lowest BCUT2D eigenvalue weighted by atomic mass is 10.3. The van der Waals surface area contributed by atoms with E-state index in [2.05, 4.69) is 5.32 Å². The average Bonchev–Trinajstić information content (AvgIpc) is 2.15. The Kier molecular flexibility index (Phi) is 3.49. The molecule has 2 nitrogen and oxygen atoms in total. The van der Waals surface area contributed by atoms with E-state index in [-0.39, 0.29) is 0 Å². The molecule has 0 bridgehead atoms. The summed E-state index contributed by atoms with van der Waals surface area (Å²) in [6, 6.07) is 6.82. The van der Waals surface area contributed by atoms with Gasteiger partial charge < -0.3 is 10.1 Å². The monoisotopic (exact) mass is 187 g/mol. The Hall–Kier alpha value is -1.32. The minimum Gasteiger partial charge on any atom is -0.488 e. The predicted molar refractivity (Wildman–Crippen MR) is 47.5 cm³/mol. The van der Waals surface area contributed by atoms with E-state index in [1.807, 2.05) is 0 Å². The van der Waals surface area contributed by atoms with E-state index >= 15 is 0 Å². The zero-order valence-electron chi connectivity index (χ0n) is 7.26. The molecular formula is C9H11F2NO. The van der Waals surface area contributed by atoms with Crippen LogP contribution in [0.4, 0.5) is 14.5 Å². The van der Waals surface area contributed by atoms with Crippen LogP contribution >= 0.6 is 0 Å². The topological polar surface area (TPSA) is 21.3 Å². The second-order valence-electron chi connectivity index (χ2n) is 2.48. The Balaban J connectivity index is 2.49. The number of hydrogen-bond donors (Lipinski definition) is 1. The summed E-state index contributed by atoms with van der Waals surface area (Å²) in [5.74, 6) is 0.458. The minimum atomic E-state index is -2.43. The number of anilines is 1. The Morgan fingerprint density at radius 2 is 1.92 bits per heavy atom. The van der Waals surface area contributed by atoms with Gasteiger partial charge in [0.05, 0.1) is 0 Å². The average molecular weight is 187 g/mol. The lowest BCUT2D eigenvalue weighted by Crippen LogP contribution is -2.06. The Morgan fingerprint density at radius 3 is 2.38 bits per heavy atom. The fourth-order valence-electron chi connectivity index (χ4n) is 0.877. The molecule has 0 heterocycles. The molecule has 0 radical (unpaired) electrons. The Morgan fingerprint density at radius 1 is 1.31 bits per heavy atom. The lowest BCUT2D eigenvalue weighted by Gasteiger charge is -2.05. The molecule has 0 amide bonds. The maximum Gasteiger partial charge on any atom is 0.272 e. The van der Waals surface area contributed by atoms with Gasteiger partial charge in [0.25, 0.3) is 6.43 Å². The van der Waals surface area contributed by atoms with Crippen molar-refractivity contribution in [2.45, 2.75) is 6.43 Å². The summed E-state index contributed by atoms with van der Waals surface area (Å²) in [7, 11) is 1.79. The summed E-state index contributed by atoms with van der Waals surface area (Å²) in [5, 5.41) is 2.92. The first-order valence-electron chi connectivity index (χ1n) is 3.91. The molecule has 0 saturated carbocycles. The molecule has 72 valence electrons. The van der Waals surface area contributed by atoms with Gasteiger partial charge >= 0.3 is 0 Å². The highest BCUT2D eigenvalue weighted by Crippen LogP contribution is 2.15. The van der Waals surface area contributed by atoms with Crippen molar-refractivity contribution < 1.29 is 13.5 Å². The number of hydrogen-bond acceptors (Lipinski definition) is 2. The number of alkyl halides is 2. The standard InChI is InChI=1S/C9H11F2NO/c1-12-7-2-4-8(5-3-7)13-6-9(10)11/h2-5,9,12H,6H2,1H3. The van der Waals surface area contributed by atoms with Gasteiger partial charge in [-0.15, -0.1) is 0 Å². The van der Waals surface area contributed by atoms with Crippen molar-refractivity contribution in [2.24, 2.45) is 0 Å². The first-order chi connectivity index (χ1) is 6.22. The number of nitrogens with one attached hydrogen (secondary N) is 1. The summed E-state index contributed by atoms with van der Waals surface area (Å²) >= 11 is 0. The van der Waals surface area contributed by atoms with Crippen LogP contribution in [0.5, 0.6) is 5.75 Å². The van der Waals surface area contributed by atoms with Gasteiger partial charge in [0, 0.05) is 12.7 Å². The van der Waals surface area contributed by atoms with Crippen molar-refractivity contribution in [3.63, 3.8) is 0 Å². The molecule has 1 rings (SSSR count). The van der Waals surface area contributed by atoms with Gasteiger partial charge in [-0.2, -0.15) is 0 Å². The van der Waals surface area contributed by atoms with E-state index in [0.29, 0.717) is 5.75 Å². The van der Waals surface area contributed by atoms with Crippen LogP contribution in [0.1, 0.15) is 0 Å². The van der Waals surface area contributed by atoms with Crippen molar-refractivity contribution in [2.75, 3.05) is 19.0 Å². The molecule has 13 heavy (non-hydrogen) atoms. The molecule has 1 aromatic carbocycles. The maximum absolute atomic E-state index is 11.7. The molecule has 0 saturated heterocycles. The molecule has 1 aromatic rings. The summed E-state index contributed by atoms with van der Waals surface area (Å²) < 4.78 is 28.2. The summed E-state index contributed by atoms with van der Waals surface area (Å²) in [5.41, 5.74) is 0.921. The van der Waals surface area contributed by atoms with E-state index in [1.54, 1.807) is 31.3 Å². The second-order valence-corrected chi connectivity index (χ2v) is 2.48. The summed E-state index contributed by atoms with van der Waals surface area (Å²) in [4.78, 5) is 0. The van der Waals surface area contributed by atoms with Gasteiger partial charge in [-0.3, -0.25) is 0 Å². The van der Waals surface area contributed by atoms with Gasteiger partial charge in [-0.25, -0.2) is 8.78 Å². The van der Waals surface area contributed by atoms with Crippen LogP contribution in [0.25, 0.3) is 0 Å². The van der Waals surface area contributed by atoms with Crippen molar-refractivity contribution in [3.05, 3.63) is 24.3 Å². The molecule has 0 spiro atoms. The van der Waals surface area contributed by atoms with E-state index in [0.717, 1.165) is 5.69 Å². The SMILES string of the molecule is CNc1ccc(OCC(F)F)cc1. The third-order valence-electron chi connectivity index (χ3n) is 1.52. The van der Waals surface area contributed by atoms with E-state index in [1.165, 1.54) is 0 Å². The number of halogens is 2. The molecule has 0 aliphatic rings. The first kappa shape index (κ1) is 9.77. The molecule has 0 aliphatic heterocycles. The Labute approximate surface area is 75.5 Å².